The van der Waals surface area contributed by atoms with Crippen molar-refractivity contribution in [3.05, 3.63) is 17.8 Å². The molecule has 1 aromatic rings. The summed E-state index contributed by atoms with van der Waals surface area (Å²) in [6.45, 7) is 0.331. The number of nitrogens with zero attached hydrogens (tertiary/aromatic N) is 1. The standard InChI is InChI=1S/C9H14N2O3S/c10-5-8-6-11-9(14-8)7-1-3-15(12,13)4-2-7/h6-7H,1-5,10H2. The molecule has 2 N–H and O–H groups in total. The molecule has 2 rings (SSSR count). The van der Waals surface area contributed by atoms with Crippen LogP contribution in [0.4, 0.5) is 0 Å². The van der Waals surface area contributed by atoms with Gasteiger partial charge in [-0.2, -0.15) is 0 Å². The van der Waals surface area contributed by atoms with Crippen LogP contribution in [0.2, 0.25) is 0 Å². The van der Waals surface area contributed by atoms with Gasteiger partial charge >= 0.3 is 0 Å². The maximum Gasteiger partial charge on any atom is 0.197 e. The molecule has 0 saturated carbocycles. The zero-order valence-corrected chi connectivity index (χ0v) is 9.16. The van der Waals surface area contributed by atoms with E-state index in [1.165, 1.54) is 0 Å². The molecule has 0 bridgehead atoms. The van der Waals surface area contributed by atoms with Gasteiger partial charge in [0.05, 0.1) is 24.2 Å². The smallest absolute Gasteiger partial charge is 0.197 e. The number of hydrogen-bond acceptors (Lipinski definition) is 5. The highest BCUT2D eigenvalue weighted by Gasteiger charge is 2.27. The molecule has 1 aromatic heterocycles. The van der Waals surface area contributed by atoms with E-state index < -0.39 is 9.84 Å². The first kappa shape index (κ1) is 10.6. The first-order valence-corrected chi connectivity index (χ1v) is 6.78. The highest BCUT2D eigenvalue weighted by molar-refractivity contribution is 7.91. The van der Waals surface area contributed by atoms with Crippen LogP contribution in [-0.2, 0) is 16.4 Å². The minimum atomic E-state index is -2.82. The van der Waals surface area contributed by atoms with Crippen molar-refractivity contribution in [2.24, 2.45) is 5.73 Å². The molecule has 0 aliphatic carbocycles. The lowest BCUT2D eigenvalue weighted by Gasteiger charge is -2.18. The van der Waals surface area contributed by atoms with E-state index in [1.807, 2.05) is 0 Å². The second-order valence-electron chi connectivity index (χ2n) is 3.80. The van der Waals surface area contributed by atoms with E-state index in [9.17, 15) is 8.42 Å². The van der Waals surface area contributed by atoms with Crippen molar-refractivity contribution in [3.8, 4) is 0 Å². The molecular formula is C9H14N2O3S. The van der Waals surface area contributed by atoms with Crippen molar-refractivity contribution in [3.63, 3.8) is 0 Å². The van der Waals surface area contributed by atoms with Crippen molar-refractivity contribution in [2.45, 2.75) is 25.3 Å². The van der Waals surface area contributed by atoms with E-state index in [-0.39, 0.29) is 17.4 Å². The second kappa shape index (κ2) is 3.94. The van der Waals surface area contributed by atoms with Crippen LogP contribution in [0.5, 0.6) is 0 Å². The molecule has 0 atom stereocenters. The van der Waals surface area contributed by atoms with Gasteiger partial charge in [-0.25, -0.2) is 13.4 Å². The first-order chi connectivity index (χ1) is 7.11. The molecule has 6 heteroatoms. The van der Waals surface area contributed by atoms with Gasteiger partial charge in [0.25, 0.3) is 0 Å². The number of rotatable bonds is 2. The summed E-state index contributed by atoms with van der Waals surface area (Å²) >= 11 is 0. The van der Waals surface area contributed by atoms with E-state index in [2.05, 4.69) is 4.98 Å². The SMILES string of the molecule is NCc1cnc(C2CCS(=O)(=O)CC2)o1. The molecule has 0 spiro atoms. The molecule has 0 unspecified atom stereocenters. The van der Waals surface area contributed by atoms with Crippen molar-refractivity contribution in [1.29, 1.82) is 0 Å². The largest absolute Gasteiger partial charge is 0.444 e. The van der Waals surface area contributed by atoms with Crippen LogP contribution in [0.15, 0.2) is 10.6 Å². The Hall–Kier alpha value is -0.880. The van der Waals surface area contributed by atoms with Crippen LogP contribution < -0.4 is 5.73 Å². The summed E-state index contributed by atoms with van der Waals surface area (Å²) in [4.78, 5) is 4.12. The molecule has 1 saturated heterocycles. The number of oxazole rings is 1. The fourth-order valence-electron chi connectivity index (χ4n) is 1.74. The Morgan fingerprint density at radius 1 is 1.47 bits per heavy atom. The van der Waals surface area contributed by atoms with Gasteiger partial charge in [0.2, 0.25) is 0 Å². The Bertz CT molecular complexity index is 424. The molecule has 0 amide bonds. The van der Waals surface area contributed by atoms with Crippen LogP contribution in [-0.4, -0.2) is 24.9 Å². The van der Waals surface area contributed by atoms with Crippen molar-refractivity contribution >= 4 is 9.84 Å². The third-order valence-corrected chi connectivity index (χ3v) is 4.39. The number of aromatic nitrogens is 1. The zero-order chi connectivity index (χ0) is 10.9. The Labute approximate surface area is 88.6 Å². The molecule has 15 heavy (non-hydrogen) atoms. The average molecular weight is 230 g/mol. The lowest BCUT2D eigenvalue weighted by molar-refractivity contribution is 0.401. The van der Waals surface area contributed by atoms with E-state index in [0.717, 1.165) is 0 Å². The molecule has 1 aliphatic heterocycles. The highest BCUT2D eigenvalue weighted by atomic mass is 32.2. The van der Waals surface area contributed by atoms with Gasteiger partial charge in [-0.3, -0.25) is 0 Å². The van der Waals surface area contributed by atoms with Gasteiger partial charge in [0.1, 0.15) is 15.6 Å². The number of nitrogens with two attached hydrogens (primary N) is 1. The monoisotopic (exact) mass is 230 g/mol. The summed E-state index contributed by atoms with van der Waals surface area (Å²) in [5.41, 5.74) is 5.41. The molecule has 0 aromatic carbocycles. The third kappa shape index (κ3) is 2.38. The summed E-state index contributed by atoms with van der Waals surface area (Å²) in [5.74, 6) is 1.88. The van der Waals surface area contributed by atoms with E-state index >= 15 is 0 Å². The lowest BCUT2D eigenvalue weighted by Crippen LogP contribution is -2.22. The predicted octanol–water partition coefficient (Wildman–Crippen LogP) is 0.425. The summed E-state index contributed by atoms with van der Waals surface area (Å²) in [7, 11) is -2.82. The molecule has 1 aliphatic rings. The summed E-state index contributed by atoms with van der Waals surface area (Å²) in [5, 5.41) is 0. The molecule has 1 fully saturated rings. The van der Waals surface area contributed by atoms with E-state index in [0.29, 0.717) is 31.0 Å². The molecule has 2 heterocycles. The lowest BCUT2D eigenvalue weighted by atomic mass is 10.0. The minimum absolute atomic E-state index is 0.133. The Balaban J connectivity index is 2.07. The Kier molecular flexibility index (Phi) is 2.79. The zero-order valence-electron chi connectivity index (χ0n) is 8.35. The fourth-order valence-corrected chi connectivity index (χ4v) is 3.23. The van der Waals surface area contributed by atoms with Gasteiger partial charge in [-0.1, -0.05) is 0 Å². The van der Waals surface area contributed by atoms with Crippen LogP contribution in [0.3, 0.4) is 0 Å². The molecular weight excluding hydrogens is 216 g/mol. The normalized spacial score (nSPS) is 21.7. The van der Waals surface area contributed by atoms with Crippen LogP contribution in [0, 0.1) is 0 Å². The second-order valence-corrected chi connectivity index (χ2v) is 6.10. The topological polar surface area (TPSA) is 86.2 Å². The fraction of sp³-hybridized carbons (Fsp3) is 0.667. The average Bonchev–Trinajstić information content (AvgIpc) is 2.66. The van der Waals surface area contributed by atoms with Gasteiger partial charge in [-0.05, 0) is 12.8 Å². The van der Waals surface area contributed by atoms with Crippen molar-refractivity contribution < 1.29 is 12.8 Å². The van der Waals surface area contributed by atoms with Crippen molar-refractivity contribution in [1.82, 2.24) is 4.98 Å². The van der Waals surface area contributed by atoms with Gasteiger partial charge in [-0.15, -0.1) is 0 Å². The van der Waals surface area contributed by atoms with Crippen LogP contribution in [0.25, 0.3) is 0 Å². The first-order valence-electron chi connectivity index (χ1n) is 4.96. The van der Waals surface area contributed by atoms with Crippen LogP contribution in [0.1, 0.15) is 30.4 Å². The number of sulfone groups is 1. The van der Waals surface area contributed by atoms with Gasteiger partial charge < -0.3 is 10.2 Å². The maximum atomic E-state index is 11.2. The van der Waals surface area contributed by atoms with E-state index in [4.69, 9.17) is 10.2 Å². The van der Waals surface area contributed by atoms with Gasteiger partial charge in [0.15, 0.2) is 5.89 Å². The quantitative estimate of drug-likeness (QED) is 0.796. The van der Waals surface area contributed by atoms with Crippen molar-refractivity contribution in [2.75, 3.05) is 11.5 Å². The molecule has 0 radical (unpaired) electrons. The maximum absolute atomic E-state index is 11.2. The minimum Gasteiger partial charge on any atom is -0.444 e. The number of hydrogen-bond donors (Lipinski definition) is 1. The Morgan fingerprint density at radius 2 is 2.13 bits per heavy atom. The molecule has 84 valence electrons. The van der Waals surface area contributed by atoms with Crippen LogP contribution >= 0.6 is 0 Å². The summed E-state index contributed by atoms with van der Waals surface area (Å²) in [6.07, 6.45) is 2.82. The van der Waals surface area contributed by atoms with Gasteiger partial charge in [0, 0.05) is 5.92 Å². The summed E-state index contributed by atoms with van der Waals surface area (Å²) in [6, 6.07) is 0. The predicted molar refractivity (Wildman–Crippen MR) is 55.0 cm³/mol. The highest BCUT2D eigenvalue weighted by Crippen LogP contribution is 2.28. The Morgan fingerprint density at radius 3 is 2.67 bits per heavy atom. The third-order valence-electron chi connectivity index (χ3n) is 2.68. The molecule has 5 nitrogen and oxygen atoms in total. The van der Waals surface area contributed by atoms with E-state index in [1.54, 1.807) is 6.20 Å². The summed E-state index contributed by atoms with van der Waals surface area (Å²) < 4.78 is 27.8.